The maximum absolute atomic E-state index is 11.0. The second-order valence-electron chi connectivity index (χ2n) is 2.03. The number of aromatic nitrogens is 2. The Kier molecular flexibility index (Phi) is 1.48. The molecule has 3 N–H and O–H groups in total. The van der Waals surface area contributed by atoms with Crippen LogP contribution in [-0.4, -0.2) is 34.3 Å². The van der Waals surface area contributed by atoms with Crippen LogP contribution in [0.2, 0.25) is 0 Å². The van der Waals surface area contributed by atoms with Crippen molar-refractivity contribution in [1.29, 1.82) is 0 Å². The van der Waals surface area contributed by atoms with E-state index < -0.39 is 30.1 Å². The number of nitrogens with zero attached hydrogens (tertiary/aromatic N) is 1. The van der Waals surface area contributed by atoms with E-state index in [0.29, 0.717) is 11.5 Å². The van der Waals surface area contributed by atoms with Gasteiger partial charge in [-0.3, -0.25) is 0 Å². The van der Waals surface area contributed by atoms with E-state index in [4.69, 9.17) is 0 Å². The Balaban J connectivity index is 2.87. The van der Waals surface area contributed by atoms with Crippen molar-refractivity contribution in [3.63, 3.8) is 0 Å². The molecular weight excluding hydrogens is 340 g/mol. The second-order valence-corrected chi connectivity index (χ2v) is 5.16. The van der Waals surface area contributed by atoms with Gasteiger partial charge in [-0.05, 0) is 0 Å². The molecule has 2 rings (SSSR count). The first kappa shape index (κ1) is 6.88. The minimum absolute atomic E-state index is 0.374. The fraction of sp³-hybridized carbons (Fsp3) is 0. The summed E-state index contributed by atoms with van der Waals surface area (Å²) < 4.78 is 6.97. The van der Waals surface area contributed by atoms with Gasteiger partial charge in [0.05, 0.1) is 0 Å². The average Bonchev–Trinajstić information content (AvgIpc) is 2.34. The molecule has 1 aliphatic rings. The zero-order chi connectivity index (χ0) is 7.84. The Morgan fingerprint density at radius 3 is 2.91 bits per heavy atom. The van der Waals surface area contributed by atoms with E-state index in [1.807, 2.05) is 0 Å². The third kappa shape index (κ3) is 1.06. The Labute approximate surface area is 72.6 Å². The standard InChI is InChI=1S/C4H3N4O2.Tl/c5-1-2(6)7-4(10)8-3(1)9;/h5H,(H2,7,8,9,10);/q-1;+1. The van der Waals surface area contributed by atoms with Gasteiger partial charge >= 0.3 is 72.5 Å². The molecule has 0 saturated heterocycles. The van der Waals surface area contributed by atoms with Crippen LogP contribution in [0, 0.1) is 0 Å². The quantitative estimate of drug-likeness (QED) is 0.524. The van der Waals surface area contributed by atoms with E-state index in [-0.39, 0.29) is 5.56 Å². The number of nitrogens with one attached hydrogen (secondary N) is 3. The molecule has 0 amide bonds. The molecule has 0 unspecified atom stereocenters. The Hall–Kier alpha value is -0.798. The number of H-pyrrole nitrogens is 2. The van der Waals surface area contributed by atoms with E-state index in [0.717, 1.165) is 0 Å². The molecule has 0 bridgehead atoms. The maximum atomic E-state index is 11.0. The van der Waals surface area contributed by atoms with Crippen LogP contribution < -0.4 is 14.4 Å². The molecule has 0 spiro atoms. The summed E-state index contributed by atoms with van der Waals surface area (Å²) in [5.41, 5.74) is -0.437. The molecule has 0 aliphatic carbocycles. The molecule has 1 aromatic rings. The van der Waals surface area contributed by atoms with Crippen LogP contribution in [0.1, 0.15) is 0 Å². The third-order valence-corrected chi connectivity index (χ3v) is 4.46. The molecule has 0 aromatic carbocycles. The van der Waals surface area contributed by atoms with Gasteiger partial charge in [0.25, 0.3) is 0 Å². The average molecular weight is 343 g/mol. The van der Waals surface area contributed by atoms with E-state index >= 15 is 0 Å². The molecule has 7 heteroatoms. The summed E-state index contributed by atoms with van der Waals surface area (Å²) in [6, 6.07) is 0. The van der Waals surface area contributed by atoms with E-state index in [1.165, 1.54) is 0 Å². The fourth-order valence-electron chi connectivity index (χ4n) is 0.867. The van der Waals surface area contributed by atoms with Gasteiger partial charge in [-0.1, -0.05) is 0 Å². The zero-order valence-electron chi connectivity index (χ0n) is 5.34. The molecule has 1 aromatic heterocycles. The second kappa shape index (κ2) is 2.36. The van der Waals surface area contributed by atoms with Crippen molar-refractivity contribution in [1.82, 2.24) is 9.97 Å². The van der Waals surface area contributed by atoms with Crippen LogP contribution in [-0.2, 0) is 0 Å². The van der Waals surface area contributed by atoms with Crippen LogP contribution in [0.5, 0.6) is 0 Å². The topological polar surface area (TPSA) is 90.1 Å². The van der Waals surface area contributed by atoms with Crippen molar-refractivity contribution in [2.24, 2.45) is 2.74 Å². The third-order valence-electron chi connectivity index (χ3n) is 1.33. The van der Waals surface area contributed by atoms with Gasteiger partial charge in [0.1, 0.15) is 0 Å². The molecule has 0 fully saturated rings. The number of aromatic amines is 2. The molecule has 0 atom stereocenters. The van der Waals surface area contributed by atoms with Gasteiger partial charge in [0.15, 0.2) is 0 Å². The number of hydrogen-bond donors (Lipinski definition) is 3. The van der Waals surface area contributed by atoms with E-state index in [2.05, 4.69) is 15.8 Å². The molecule has 0 saturated carbocycles. The summed E-state index contributed by atoms with van der Waals surface area (Å²) in [5.74, 6) is 0.425. The summed E-state index contributed by atoms with van der Waals surface area (Å²) >= 11 is -1.32. The molecule has 6 nitrogen and oxygen atoms in total. The Morgan fingerprint density at radius 2 is 2.09 bits per heavy atom. The number of anilines is 1. The van der Waals surface area contributed by atoms with E-state index in [9.17, 15) is 9.59 Å². The molecule has 54 valence electrons. The van der Waals surface area contributed by atoms with Gasteiger partial charge in [-0.25, -0.2) is 0 Å². The molecule has 2 heterocycles. The monoisotopic (exact) mass is 344 g/mol. The van der Waals surface area contributed by atoms with Crippen LogP contribution in [0.25, 0.3) is 0 Å². The van der Waals surface area contributed by atoms with Gasteiger partial charge in [-0.15, -0.1) is 0 Å². The molecular formula is C4H3N4O2Tl. The van der Waals surface area contributed by atoms with E-state index in [1.54, 1.807) is 0 Å². The Bertz CT molecular complexity index is 430. The predicted molar refractivity (Wildman–Crippen MR) is 39.1 cm³/mol. The predicted octanol–water partition coefficient (Wildman–Crippen LogP) is -1.08. The van der Waals surface area contributed by atoms with Crippen LogP contribution in [0.15, 0.2) is 12.3 Å². The summed E-state index contributed by atoms with van der Waals surface area (Å²) in [6.07, 6.45) is 0. The van der Waals surface area contributed by atoms with Crippen molar-refractivity contribution in [2.45, 2.75) is 0 Å². The SMILES string of the molecule is O=c1[nH]c2c(c(=O)[nH]1)[NH][Tl]=[N]2. The number of fused-ring (bicyclic) bond motifs is 1. The van der Waals surface area contributed by atoms with Crippen molar-refractivity contribution in [3.05, 3.63) is 20.8 Å². The van der Waals surface area contributed by atoms with Crippen LogP contribution in [0.4, 0.5) is 11.5 Å². The number of hydrogen-bond acceptors (Lipinski definition) is 4. The van der Waals surface area contributed by atoms with Crippen molar-refractivity contribution in [3.8, 4) is 0 Å². The first-order valence-corrected chi connectivity index (χ1v) is 7.18. The molecule has 11 heavy (non-hydrogen) atoms. The molecule has 1 aliphatic heterocycles. The zero-order valence-corrected chi connectivity index (χ0v) is 9.83. The first-order valence-electron chi connectivity index (χ1n) is 2.93. The van der Waals surface area contributed by atoms with Crippen LogP contribution in [0.3, 0.4) is 0 Å². The summed E-state index contributed by atoms with van der Waals surface area (Å²) in [4.78, 5) is 26.2. The fourth-order valence-corrected chi connectivity index (χ4v) is 3.92. The van der Waals surface area contributed by atoms with Gasteiger partial charge in [-0.2, -0.15) is 0 Å². The van der Waals surface area contributed by atoms with Gasteiger partial charge in [0.2, 0.25) is 0 Å². The normalized spacial score (nSPS) is 12.0. The van der Waals surface area contributed by atoms with Gasteiger partial charge in [0, 0.05) is 0 Å². The van der Waals surface area contributed by atoms with Crippen LogP contribution >= 0.6 is 0 Å². The number of rotatable bonds is 0. The van der Waals surface area contributed by atoms with Crippen molar-refractivity contribution < 1.29 is 0 Å². The summed E-state index contributed by atoms with van der Waals surface area (Å²) in [5, 5.41) is 0. The minimum atomic E-state index is -1.32. The van der Waals surface area contributed by atoms with Crippen molar-refractivity contribution in [2.75, 3.05) is 3.13 Å². The van der Waals surface area contributed by atoms with Crippen molar-refractivity contribution >= 4 is 35.9 Å². The van der Waals surface area contributed by atoms with Gasteiger partial charge < -0.3 is 0 Å². The summed E-state index contributed by atoms with van der Waals surface area (Å²) in [7, 11) is 0. The Morgan fingerprint density at radius 1 is 1.27 bits per heavy atom. The first-order chi connectivity index (χ1) is 5.27. The summed E-state index contributed by atoms with van der Waals surface area (Å²) in [6.45, 7) is 0. The molecule has 0 radical (unpaired) electrons.